The van der Waals surface area contributed by atoms with Crippen LogP contribution in [0.3, 0.4) is 0 Å². The van der Waals surface area contributed by atoms with Gasteiger partial charge in [0.25, 0.3) is 0 Å². The molecule has 66 valence electrons. The summed E-state index contributed by atoms with van der Waals surface area (Å²) in [5.41, 5.74) is 2.52. The van der Waals surface area contributed by atoms with Crippen LogP contribution >= 0.6 is 11.6 Å². The van der Waals surface area contributed by atoms with Crippen LogP contribution < -0.4 is 0 Å². The fraction of sp³-hybridized carbons (Fsp3) is 0.100. The van der Waals surface area contributed by atoms with Crippen LogP contribution in [0.2, 0.25) is 5.15 Å². The number of aromatic amines is 1. The zero-order chi connectivity index (χ0) is 9.42. The third kappa shape index (κ3) is 1.14. The lowest BCUT2D eigenvalue weighted by molar-refractivity contribution is 0.112. The Bertz CT molecular complexity index is 473. The Morgan fingerprint density at radius 2 is 2.23 bits per heavy atom. The molecular formula is C10H8ClNO. The molecule has 1 N–H and O–H groups in total. The number of aryl methyl sites for hydroxylation is 1. The van der Waals surface area contributed by atoms with Crippen molar-refractivity contribution in [2.45, 2.75) is 6.92 Å². The van der Waals surface area contributed by atoms with Crippen LogP contribution in [0.4, 0.5) is 0 Å². The van der Waals surface area contributed by atoms with E-state index in [1.807, 2.05) is 25.1 Å². The van der Waals surface area contributed by atoms with E-state index in [0.717, 1.165) is 22.8 Å². The molecule has 0 spiro atoms. The number of benzene rings is 1. The Hall–Kier alpha value is -1.28. The average Bonchev–Trinajstić information content (AvgIpc) is 2.42. The molecule has 0 aliphatic carbocycles. The molecule has 0 aliphatic rings. The topological polar surface area (TPSA) is 32.9 Å². The molecule has 1 aromatic carbocycles. The molecular weight excluding hydrogens is 186 g/mol. The second-order valence-corrected chi connectivity index (χ2v) is 3.35. The number of fused-ring (bicyclic) bond motifs is 1. The van der Waals surface area contributed by atoms with E-state index >= 15 is 0 Å². The third-order valence-corrected chi connectivity index (χ3v) is 2.44. The van der Waals surface area contributed by atoms with E-state index in [-0.39, 0.29) is 0 Å². The number of nitrogens with one attached hydrogen (secondary N) is 1. The number of aromatic nitrogens is 1. The second-order valence-electron chi connectivity index (χ2n) is 2.97. The van der Waals surface area contributed by atoms with Gasteiger partial charge in [-0.05, 0) is 18.6 Å². The normalized spacial score (nSPS) is 10.6. The van der Waals surface area contributed by atoms with Crippen molar-refractivity contribution in [2.24, 2.45) is 0 Å². The minimum Gasteiger partial charge on any atom is -0.345 e. The van der Waals surface area contributed by atoms with Crippen molar-refractivity contribution in [1.82, 2.24) is 4.98 Å². The number of aldehydes is 1. The summed E-state index contributed by atoms with van der Waals surface area (Å²) < 4.78 is 0. The lowest BCUT2D eigenvalue weighted by Gasteiger charge is -1.94. The summed E-state index contributed by atoms with van der Waals surface area (Å²) in [6.07, 6.45) is 0.786. The van der Waals surface area contributed by atoms with E-state index < -0.39 is 0 Å². The first-order valence-corrected chi connectivity index (χ1v) is 4.34. The van der Waals surface area contributed by atoms with Crippen molar-refractivity contribution in [3.8, 4) is 0 Å². The highest BCUT2D eigenvalue weighted by Gasteiger charge is 2.09. The van der Waals surface area contributed by atoms with Crippen molar-refractivity contribution in [2.75, 3.05) is 0 Å². The van der Waals surface area contributed by atoms with Crippen LogP contribution in [0.25, 0.3) is 10.9 Å². The number of H-pyrrole nitrogens is 1. The number of carbonyl (C=O) groups is 1. The molecule has 0 unspecified atom stereocenters. The molecule has 2 nitrogen and oxygen atoms in total. The van der Waals surface area contributed by atoms with E-state index in [9.17, 15) is 4.79 Å². The van der Waals surface area contributed by atoms with Gasteiger partial charge in [0, 0.05) is 10.9 Å². The molecule has 0 aliphatic heterocycles. The molecule has 13 heavy (non-hydrogen) atoms. The molecule has 0 bridgehead atoms. The molecule has 1 aromatic heterocycles. The maximum absolute atomic E-state index is 10.8. The van der Waals surface area contributed by atoms with E-state index in [0.29, 0.717) is 10.7 Å². The number of carbonyl (C=O) groups excluding carboxylic acids is 1. The Kier molecular flexibility index (Phi) is 1.85. The van der Waals surface area contributed by atoms with Gasteiger partial charge in [-0.1, -0.05) is 23.7 Å². The van der Waals surface area contributed by atoms with E-state index in [1.165, 1.54) is 0 Å². The van der Waals surface area contributed by atoms with Gasteiger partial charge in [0.2, 0.25) is 0 Å². The third-order valence-electron chi connectivity index (χ3n) is 2.14. The fourth-order valence-corrected chi connectivity index (χ4v) is 1.78. The van der Waals surface area contributed by atoms with E-state index in [2.05, 4.69) is 4.98 Å². The van der Waals surface area contributed by atoms with Gasteiger partial charge in [0.05, 0.1) is 5.56 Å². The quantitative estimate of drug-likeness (QED) is 0.694. The lowest BCUT2D eigenvalue weighted by Crippen LogP contribution is -1.79. The number of hydrogen-bond donors (Lipinski definition) is 1. The highest BCUT2D eigenvalue weighted by Crippen LogP contribution is 2.26. The largest absolute Gasteiger partial charge is 0.345 e. The zero-order valence-electron chi connectivity index (χ0n) is 7.10. The van der Waals surface area contributed by atoms with Gasteiger partial charge < -0.3 is 4.98 Å². The van der Waals surface area contributed by atoms with Gasteiger partial charge in [0.1, 0.15) is 5.15 Å². The Balaban J connectivity index is 2.96. The zero-order valence-corrected chi connectivity index (χ0v) is 7.85. The summed E-state index contributed by atoms with van der Waals surface area (Å²) in [5, 5.41) is 1.34. The van der Waals surface area contributed by atoms with Crippen LogP contribution in [0.15, 0.2) is 18.2 Å². The first kappa shape index (κ1) is 8.32. The molecule has 3 heteroatoms. The highest BCUT2D eigenvalue weighted by atomic mass is 35.5. The number of hydrogen-bond acceptors (Lipinski definition) is 1. The summed E-state index contributed by atoms with van der Waals surface area (Å²) in [7, 11) is 0. The first-order valence-electron chi connectivity index (χ1n) is 3.96. The molecule has 0 amide bonds. The average molecular weight is 194 g/mol. The molecule has 0 atom stereocenters. The smallest absolute Gasteiger partial charge is 0.153 e. The summed E-state index contributed by atoms with van der Waals surface area (Å²) >= 11 is 5.85. The standard InChI is InChI=1S/C10H8ClNO/c1-6-3-2-4-8-9(6)7(5-13)10(11)12-8/h2-5,12H,1H3. The highest BCUT2D eigenvalue weighted by molar-refractivity contribution is 6.34. The molecule has 2 rings (SSSR count). The molecule has 0 saturated carbocycles. The number of rotatable bonds is 1. The summed E-state index contributed by atoms with van der Waals surface area (Å²) in [6.45, 7) is 1.96. The number of halogens is 1. The van der Waals surface area contributed by atoms with Gasteiger partial charge in [-0.3, -0.25) is 4.79 Å². The SMILES string of the molecule is Cc1cccc2[nH]c(Cl)c(C=O)c12. The van der Waals surface area contributed by atoms with Crippen LogP contribution in [0.5, 0.6) is 0 Å². The minimum atomic E-state index is 0.416. The van der Waals surface area contributed by atoms with Gasteiger partial charge in [-0.15, -0.1) is 0 Å². The summed E-state index contributed by atoms with van der Waals surface area (Å²) in [4.78, 5) is 13.7. The van der Waals surface area contributed by atoms with Crippen LogP contribution in [-0.4, -0.2) is 11.3 Å². The van der Waals surface area contributed by atoms with Crippen molar-refractivity contribution in [1.29, 1.82) is 0 Å². The van der Waals surface area contributed by atoms with E-state index in [1.54, 1.807) is 0 Å². The summed E-state index contributed by atoms with van der Waals surface area (Å²) in [5.74, 6) is 0. The lowest BCUT2D eigenvalue weighted by atomic mass is 10.1. The van der Waals surface area contributed by atoms with Crippen LogP contribution in [0, 0.1) is 6.92 Å². The maximum Gasteiger partial charge on any atom is 0.153 e. The predicted octanol–water partition coefficient (Wildman–Crippen LogP) is 2.94. The van der Waals surface area contributed by atoms with Crippen LogP contribution in [0.1, 0.15) is 15.9 Å². The minimum absolute atomic E-state index is 0.416. The molecule has 0 saturated heterocycles. The van der Waals surface area contributed by atoms with Crippen molar-refractivity contribution < 1.29 is 4.79 Å². The molecule has 0 radical (unpaired) electrons. The Labute approximate surface area is 80.5 Å². The van der Waals surface area contributed by atoms with E-state index in [4.69, 9.17) is 11.6 Å². The molecule has 1 heterocycles. The predicted molar refractivity (Wildman–Crippen MR) is 53.4 cm³/mol. The Morgan fingerprint density at radius 1 is 1.46 bits per heavy atom. The van der Waals surface area contributed by atoms with Gasteiger partial charge in [0.15, 0.2) is 6.29 Å². The van der Waals surface area contributed by atoms with Crippen molar-refractivity contribution in [3.63, 3.8) is 0 Å². The van der Waals surface area contributed by atoms with Crippen molar-refractivity contribution >= 4 is 28.8 Å². The maximum atomic E-state index is 10.8. The van der Waals surface area contributed by atoms with Gasteiger partial charge in [-0.25, -0.2) is 0 Å². The Morgan fingerprint density at radius 3 is 2.92 bits per heavy atom. The molecule has 0 fully saturated rings. The second kappa shape index (κ2) is 2.89. The molecule has 2 aromatic rings. The van der Waals surface area contributed by atoms with Crippen LogP contribution in [-0.2, 0) is 0 Å². The van der Waals surface area contributed by atoms with Gasteiger partial charge >= 0.3 is 0 Å². The fourth-order valence-electron chi connectivity index (χ4n) is 1.54. The van der Waals surface area contributed by atoms with Gasteiger partial charge in [-0.2, -0.15) is 0 Å². The summed E-state index contributed by atoms with van der Waals surface area (Å²) in [6, 6.07) is 5.79. The first-order chi connectivity index (χ1) is 6.24. The monoisotopic (exact) mass is 193 g/mol. The van der Waals surface area contributed by atoms with Crippen molar-refractivity contribution in [3.05, 3.63) is 34.5 Å².